The molecule has 3 rings (SSSR count). The molecule has 1 aromatic rings. The maximum atomic E-state index is 12.9. The fraction of sp³-hybridized carbons (Fsp3) is 0.409. The number of halogens is 1. The van der Waals surface area contributed by atoms with E-state index in [4.69, 9.17) is 18.9 Å². The van der Waals surface area contributed by atoms with E-state index in [1.165, 1.54) is 37.8 Å². The number of hydrogen-bond acceptors (Lipinski definition) is 9. The van der Waals surface area contributed by atoms with E-state index < -0.39 is 42.4 Å². The largest absolute Gasteiger partial charge is 0.459 e. The van der Waals surface area contributed by atoms with Crippen molar-refractivity contribution in [3.05, 3.63) is 41.7 Å². The zero-order valence-corrected chi connectivity index (χ0v) is 20.8. The molecule has 0 aliphatic carbocycles. The molecule has 0 radical (unpaired) electrons. The van der Waals surface area contributed by atoms with Crippen LogP contribution in [0.15, 0.2) is 36.2 Å². The van der Waals surface area contributed by atoms with Gasteiger partial charge in [0.2, 0.25) is 5.91 Å². The highest BCUT2D eigenvalue weighted by molar-refractivity contribution is 9.07. The van der Waals surface area contributed by atoms with Crippen molar-refractivity contribution in [2.75, 3.05) is 13.2 Å². The Balaban J connectivity index is 1.69. The number of amides is 3. The summed E-state index contributed by atoms with van der Waals surface area (Å²) in [7, 11) is 0. The fourth-order valence-electron chi connectivity index (χ4n) is 3.59. The Hall–Kier alpha value is -3.45. The summed E-state index contributed by atoms with van der Waals surface area (Å²) < 4.78 is 22.7. The number of carbonyl (C=O) groups excluding carboxylic acids is 5. The van der Waals surface area contributed by atoms with Gasteiger partial charge in [-0.3, -0.25) is 19.3 Å². The van der Waals surface area contributed by atoms with Gasteiger partial charge in [-0.2, -0.15) is 0 Å². The molecule has 1 N–H and O–H groups in total. The molecular formula is C22H24BrN3O9. The Morgan fingerprint density at radius 3 is 2.51 bits per heavy atom. The molecule has 12 nitrogen and oxygen atoms in total. The Kier molecular flexibility index (Phi) is 8.46. The minimum absolute atomic E-state index is 0.0607. The summed E-state index contributed by atoms with van der Waals surface area (Å²) >= 11 is 3.11. The maximum Gasteiger partial charge on any atom is 0.342 e. The number of ether oxygens (including phenoxy) is 4. The van der Waals surface area contributed by atoms with E-state index in [0.29, 0.717) is 0 Å². The van der Waals surface area contributed by atoms with Crippen molar-refractivity contribution >= 4 is 46.0 Å². The molecule has 0 aromatic heterocycles. The van der Waals surface area contributed by atoms with Crippen LogP contribution in [-0.2, 0) is 28.6 Å². The molecule has 0 saturated carbocycles. The van der Waals surface area contributed by atoms with E-state index in [1.54, 1.807) is 18.2 Å². The van der Waals surface area contributed by atoms with Crippen molar-refractivity contribution in [1.82, 2.24) is 14.1 Å². The average molecular weight is 554 g/mol. The van der Waals surface area contributed by atoms with Crippen LogP contribution in [0.2, 0.25) is 0 Å². The molecule has 0 bridgehead atoms. The lowest BCUT2D eigenvalue weighted by molar-refractivity contribution is -0.154. The van der Waals surface area contributed by atoms with Gasteiger partial charge in [0.15, 0.2) is 6.23 Å². The van der Waals surface area contributed by atoms with Crippen LogP contribution in [0.5, 0.6) is 5.75 Å². The smallest absolute Gasteiger partial charge is 0.342 e. The van der Waals surface area contributed by atoms with Gasteiger partial charge in [-0.15, -0.1) is 0 Å². The summed E-state index contributed by atoms with van der Waals surface area (Å²) in [4.78, 5) is 61.1. The van der Waals surface area contributed by atoms with Gasteiger partial charge >= 0.3 is 23.9 Å². The lowest BCUT2D eigenvalue weighted by Crippen LogP contribution is -2.53. The summed E-state index contributed by atoms with van der Waals surface area (Å²) in [6, 6.07) is 5.58. The minimum Gasteiger partial charge on any atom is -0.459 e. The van der Waals surface area contributed by atoms with Gasteiger partial charge in [0, 0.05) is 33.7 Å². The molecule has 0 spiro atoms. The number of carbonyl (C=O) groups is 5. The standard InChI is InChI=1S/C22H24BrN3O9/c1-12(27)24-19-8-9-25(22(31)26(19)23)20-18(34-14(3)29)10-15(35-20)11-32-21(30)16-6-4-5-7-17(16)33-13(2)28/h4-8,15,18,20H,9-11H2,1-3H3,(H,24,27)/t15-,18+,20+/m0/s1. The monoisotopic (exact) mass is 553 g/mol. The first kappa shape index (κ1) is 26.2. The van der Waals surface area contributed by atoms with Crippen LogP contribution < -0.4 is 10.1 Å². The molecule has 188 valence electrons. The van der Waals surface area contributed by atoms with Crippen molar-refractivity contribution < 1.29 is 42.9 Å². The molecule has 3 atom stereocenters. The normalized spacial score (nSPS) is 21.8. The van der Waals surface area contributed by atoms with Crippen LogP contribution in [0, 0.1) is 0 Å². The van der Waals surface area contributed by atoms with Gasteiger partial charge in [-0.25, -0.2) is 13.5 Å². The minimum atomic E-state index is -0.960. The van der Waals surface area contributed by atoms with Crippen molar-refractivity contribution in [2.24, 2.45) is 0 Å². The quantitative estimate of drug-likeness (QED) is 0.304. The second-order valence-electron chi connectivity index (χ2n) is 7.71. The first-order valence-corrected chi connectivity index (χ1v) is 11.3. The number of esters is 3. The van der Waals surface area contributed by atoms with Crippen molar-refractivity contribution in [3.8, 4) is 5.75 Å². The third-order valence-electron chi connectivity index (χ3n) is 4.94. The Morgan fingerprint density at radius 1 is 1.14 bits per heavy atom. The predicted molar refractivity (Wildman–Crippen MR) is 122 cm³/mol. The molecule has 1 saturated heterocycles. The highest BCUT2D eigenvalue weighted by atomic mass is 79.9. The van der Waals surface area contributed by atoms with Crippen LogP contribution in [0.1, 0.15) is 37.6 Å². The van der Waals surface area contributed by atoms with Crippen LogP contribution in [0.25, 0.3) is 0 Å². The number of hydrogen-bond donors (Lipinski definition) is 1. The van der Waals surface area contributed by atoms with Crippen LogP contribution in [0.3, 0.4) is 0 Å². The molecular weight excluding hydrogens is 530 g/mol. The highest BCUT2D eigenvalue weighted by Crippen LogP contribution is 2.30. The molecule has 2 heterocycles. The number of benzene rings is 1. The third kappa shape index (κ3) is 6.57. The maximum absolute atomic E-state index is 12.9. The lowest BCUT2D eigenvalue weighted by atomic mass is 10.1. The molecule has 0 unspecified atom stereocenters. The number of para-hydroxylation sites is 1. The second kappa shape index (κ2) is 11.3. The summed E-state index contributed by atoms with van der Waals surface area (Å²) in [6.07, 6.45) is -0.710. The second-order valence-corrected chi connectivity index (χ2v) is 8.42. The molecule has 35 heavy (non-hydrogen) atoms. The summed E-state index contributed by atoms with van der Waals surface area (Å²) in [5.41, 5.74) is 0.0607. The zero-order chi connectivity index (χ0) is 25.7. The van der Waals surface area contributed by atoms with E-state index in [0.717, 1.165) is 3.93 Å². The number of urea groups is 1. The van der Waals surface area contributed by atoms with Gasteiger partial charge in [0.05, 0.1) is 22.3 Å². The summed E-state index contributed by atoms with van der Waals surface area (Å²) in [6.45, 7) is 3.63. The molecule has 2 aliphatic heterocycles. The molecule has 2 aliphatic rings. The summed E-state index contributed by atoms with van der Waals surface area (Å²) in [5.74, 6) is -1.93. The number of rotatable bonds is 7. The topological polar surface area (TPSA) is 141 Å². The van der Waals surface area contributed by atoms with E-state index >= 15 is 0 Å². The van der Waals surface area contributed by atoms with Gasteiger partial charge in [0.25, 0.3) is 0 Å². The Morgan fingerprint density at radius 2 is 1.86 bits per heavy atom. The van der Waals surface area contributed by atoms with Crippen molar-refractivity contribution in [2.45, 2.75) is 45.6 Å². The number of nitrogens with one attached hydrogen (secondary N) is 1. The van der Waals surface area contributed by atoms with E-state index in [1.807, 2.05) is 0 Å². The van der Waals surface area contributed by atoms with Gasteiger partial charge in [0.1, 0.15) is 29.8 Å². The predicted octanol–water partition coefficient (Wildman–Crippen LogP) is 1.84. The molecule has 1 aromatic carbocycles. The van der Waals surface area contributed by atoms with Gasteiger partial charge < -0.3 is 24.3 Å². The average Bonchev–Trinajstić information content (AvgIpc) is 3.16. The van der Waals surface area contributed by atoms with Crippen LogP contribution >= 0.6 is 16.1 Å². The van der Waals surface area contributed by atoms with E-state index in [-0.39, 0.29) is 42.6 Å². The SMILES string of the molecule is CC(=O)NC1=CCN([C@@H]2O[C@H](COC(=O)c3ccccc3OC(C)=O)C[C@H]2OC(C)=O)C(=O)N1Br. The van der Waals surface area contributed by atoms with Gasteiger partial charge in [-0.05, 0) is 18.2 Å². The third-order valence-corrected chi connectivity index (χ3v) is 5.63. The van der Waals surface area contributed by atoms with Crippen LogP contribution in [0.4, 0.5) is 4.79 Å². The molecule has 13 heteroatoms. The van der Waals surface area contributed by atoms with Crippen molar-refractivity contribution in [3.63, 3.8) is 0 Å². The lowest BCUT2D eigenvalue weighted by Gasteiger charge is -2.36. The number of nitrogens with zero attached hydrogens (tertiary/aromatic N) is 2. The summed E-state index contributed by atoms with van der Waals surface area (Å²) in [5, 5.41) is 2.53. The highest BCUT2D eigenvalue weighted by Gasteiger charge is 2.45. The first-order valence-electron chi connectivity index (χ1n) is 10.6. The fourth-order valence-corrected chi connectivity index (χ4v) is 4.03. The van der Waals surface area contributed by atoms with Gasteiger partial charge in [-0.1, -0.05) is 12.1 Å². The zero-order valence-electron chi connectivity index (χ0n) is 19.2. The first-order chi connectivity index (χ1) is 16.6. The van der Waals surface area contributed by atoms with E-state index in [2.05, 4.69) is 21.5 Å². The molecule has 3 amide bonds. The van der Waals surface area contributed by atoms with E-state index in [9.17, 15) is 24.0 Å². The Bertz CT molecular complexity index is 1060. The van der Waals surface area contributed by atoms with Crippen molar-refractivity contribution in [1.29, 1.82) is 0 Å². The van der Waals surface area contributed by atoms with Crippen LogP contribution in [-0.4, -0.2) is 70.3 Å². The molecule has 1 fully saturated rings. The Labute approximate surface area is 209 Å².